The second-order valence-electron chi connectivity index (χ2n) is 6.31. The van der Waals surface area contributed by atoms with Gasteiger partial charge in [-0.1, -0.05) is 0 Å². The molecule has 0 bridgehead atoms. The van der Waals surface area contributed by atoms with Gasteiger partial charge < -0.3 is 10.1 Å². The summed E-state index contributed by atoms with van der Waals surface area (Å²) < 4.78 is 5.48. The minimum Gasteiger partial charge on any atom is -0.381 e. The van der Waals surface area contributed by atoms with Gasteiger partial charge in [-0.05, 0) is 45.6 Å². The molecule has 3 nitrogen and oxygen atoms in total. The van der Waals surface area contributed by atoms with E-state index >= 15 is 0 Å². The first-order valence-electron chi connectivity index (χ1n) is 7.30. The van der Waals surface area contributed by atoms with E-state index in [0.29, 0.717) is 5.41 Å². The van der Waals surface area contributed by atoms with Crippen LogP contribution in [0.2, 0.25) is 0 Å². The smallest absolute Gasteiger partial charge is 0.0472 e. The van der Waals surface area contributed by atoms with Crippen molar-refractivity contribution in [3.63, 3.8) is 0 Å². The number of rotatable bonds is 2. The van der Waals surface area contributed by atoms with Gasteiger partial charge in [-0.25, -0.2) is 0 Å². The Labute approximate surface area is 105 Å². The van der Waals surface area contributed by atoms with Crippen molar-refractivity contribution in [2.75, 3.05) is 33.4 Å². The molecular weight excluding hydrogens is 212 g/mol. The monoisotopic (exact) mass is 238 g/mol. The summed E-state index contributed by atoms with van der Waals surface area (Å²) in [6.07, 6.45) is 8.14. The van der Waals surface area contributed by atoms with E-state index in [2.05, 4.69) is 17.3 Å². The minimum atomic E-state index is 0.651. The van der Waals surface area contributed by atoms with Gasteiger partial charge in [-0.3, -0.25) is 4.90 Å². The second-order valence-corrected chi connectivity index (χ2v) is 6.31. The standard InChI is InChI=1S/C14H26N2O/c1-15-12-2-4-13(5-3-12)16-10-14(11-16)6-8-17-9-7-14/h12-13,15H,2-11H2,1H3. The molecule has 0 aromatic carbocycles. The van der Waals surface area contributed by atoms with Gasteiger partial charge >= 0.3 is 0 Å². The highest BCUT2D eigenvalue weighted by Crippen LogP contribution is 2.42. The van der Waals surface area contributed by atoms with Crippen molar-refractivity contribution in [2.45, 2.75) is 50.6 Å². The lowest BCUT2D eigenvalue weighted by atomic mass is 9.71. The van der Waals surface area contributed by atoms with E-state index in [4.69, 9.17) is 4.74 Å². The quantitative estimate of drug-likeness (QED) is 0.791. The fourth-order valence-corrected chi connectivity index (χ4v) is 3.92. The van der Waals surface area contributed by atoms with E-state index in [9.17, 15) is 0 Å². The third kappa shape index (κ3) is 2.38. The zero-order chi connectivity index (χ0) is 11.7. The van der Waals surface area contributed by atoms with Crippen LogP contribution in [0.1, 0.15) is 38.5 Å². The molecule has 0 atom stereocenters. The molecule has 17 heavy (non-hydrogen) atoms. The SMILES string of the molecule is CNC1CCC(N2CC3(CCOCC3)C2)CC1. The molecule has 0 amide bonds. The molecule has 0 unspecified atom stereocenters. The highest BCUT2D eigenvalue weighted by atomic mass is 16.5. The number of ether oxygens (including phenoxy) is 1. The van der Waals surface area contributed by atoms with Gasteiger partial charge in [0, 0.05) is 43.8 Å². The summed E-state index contributed by atoms with van der Waals surface area (Å²) in [7, 11) is 2.10. The summed E-state index contributed by atoms with van der Waals surface area (Å²) in [4.78, 5) is 2.75. The number of hydrogen-bond donors (Lipinski definition) is 1. The Bertz CT molecular complexity index is 247. The molecule has 2 heterocycles. The average molecular weight is 238 g/mol. The zero-order valence-corrected chi connectivity index (χ0v) is 11.1. The first kappa shape index (κ1) is 11.9. The van der Waals surface area contributed by atoms with Gasteiger partial charge in [0.05, 0.1) is 0 Å². The van der Waals surface area contributed by atoms with E-state index < -0.39 is 0 Å². The molecule has 2 saturated heterocycles. The van der Waals surface area contributed by atoms with Crippen molar-refractivity contribution >= 4 is 0 Å². The van der Waals surface area contributed by atoms with Crippen LogP contribution in [0.25, 0.3) is 0 Å². The maximum Gasteiger partial charge on any atom is 0.0472 e. The molecule has 0 radical (unpaired) electrons. The molecule has 3 rings (SSSR count). The summed E-state index contributed by atoms with van der Waals surface area (Å²) in [6, 6.07) is 1.66. The van der Waals surface area contributed by atoms with E-state index in [1.54, 1.807) is 0 Å². The Morgan fingerprint density at radius 1 is 1.06 bits per heavy atom. The molecule has 98 valence electrons. The predicted molar refractivity (Wildman–Crippen MR) is 69.2 cm³/mol. The maximum absolute atomic E-state index is 5.48. The summed E-state index contributed by atoms with van der Waals surface area (Å²) in [5.41, 5.74) is 0.651. The highest BCUT2D eigenvalue weighted by Gasteiger charge is 2.46. The zero-order valence-electron chi connectivity index (χ0n) is 11.1. The van der Waals surface area contributed by atoms with Crippen LogP contribution in [0.5, 0.6) is 0 Å². The molecule has 2 aliphatic heterocycles. The van der Waals surface area contributed by atoms with Gasteiger partial charge in [0.2, 0.25) is 0 Å². The molecule has 3 heteroatoms. The van der Waals surface area contributed by atoms with Gasteiger partial charge in [0.25, 0.3) is 0 Å². The van der Waals surface area contributed by atoms with Crippen LogP contribution in [-0.4, -0.2) is 50.3 Å². The maximum atomic E-state index is 5.48. The van der Waals surface area contributed by atoms with Gasteiger partial charge in [-0.2, -0.15) is 0 Å². The van der Waals surface area contributed by atoms with Crippen LogP contribution in [0.4, 0.5) is 0 Å². The molecule has 1 saturated carbocycles. The van der Waals surface area contributed by atoms with Crippen LogP contribution in [-0.2, 0) is 4.74 Å². The van der Waals surface area contributed by atoms with Crippen molar-refractivity contribution in [1.82, 2.24) is 10.2 Å². The molecule has 1 aliphatic carbocycles. The molecular formula is C14H26N2O. The number of nitrogens with one attached hydrogen (secondary N) is 1. The fourth-order valence-electron chi connectivity index (χ4n) is 3.92. The van der Waals surface area contributed by atoms with E-state index in [1.165, 1.54) is 51.6 Å². The van der Waals surface area contributed by atoms with Crippen molar-refractivity contribution in [3.8, 4) is 0 Å². The van der Waals surface area contributed by atoms with Crippen LogP contribution in [0.15, 0.2) is 0 Å². The summed E-state index contributed by atoms with van der Waals surface area (Å²) in [5.74, 6) is 0. The largest absolute Gasteiger partial charge is 0.381 e. The lowest BCUT2D eigenvalue weighted by Gasteiger charge is -2.56. The Morgan fingerprint density at radius 2 is 1.71 bits per heavy atom. The molecule has 0 aromatic rings. The molecule has 3 aliphatic rings. The number of nitrogens with zero attached hydrogens (tertiary/aromatic N) is 1. The van der Waals surface area contributed by atoms with E-state index in [-0.39, 0.29) is 0 Å². The van der Waals surface area contributed by atoms with E-state index in [0.717, 1.165) is 25.3 Å². The molecule has 1 N–H and O–H groups in total. The van der Waals surface area contributed by atoms with E-state index in [1.807, 2.05) is 0 Å². The Balaban J connectivity index is 1.46. The molecule has 3 fully saturated rings. The van der Waals surface area contributed by atoms with Gasteiger partial charge in [-0.15, -0.1) is 0 Å². The molecule has 0 aromatic heterocycles. The van der Waals surface area contributed by atoms with Crippen molar-refractivity contribution < 1.29 is 4.74 Å². The van der Waals surface area contributed by atoms with Crippen LogP contribution in [0.3, 0.4) is 0 Å². The first-order chi connectivity index (χ1) is 8.31. The lowest BCUT2D eigenvalue weighted by Crippen LogP contribution is -2.62. The summed E-state index contributed by atoms with van der Waals surface area (Å²) in [5, 5.41) is 3.42. The normalized spacial score (nSPS) is 37.9. The van der Waals surface area contributed by atoms with Crippen LogP contribution in [0, 0.1) is 5.41 Å². The minimum absolute atomic E-state index is 0.651. The highest BCUT2D eigenvalue weighted by molar-refractivity contribution is 4.99. The summed E-state index contributed by atoms with van der Waals surface area (Å²) >= 11 is 0. The second kappa shape index (κ2) is 4.87. The Hall–Kier alpha value is -0.120. The topological polar surface area (TPSA) is 24.5 Å². The van der Waals surface area contributed by atoms with Gasteiger partial charge in [0.15, 0.2) is 0 Å². The first-order valence-corrected chi connectivity index (χ1v) is 7.30. The van der Waals surface area contributed by atoms with Gasteiger partial charge in [0.1, 0.15) is 0 Å². The summed E-state index contributed by atoms with van der Waals surface area (Å²) in [6.45, 7) is 4.71. The van der Waals surface area contributed by atoms with Crippen LogP contribution >= 0.6 is 0 Å². The predicted octanol–water partition coefficient (Wildman–Crippen LogP) is 1.63. The Morgan fingerprint density at radius 3 is 2.29 bits per heavy atom. The van der Waals surface area contributed by atoms with Crippen molar-refractivity contribution in [3.05, 3.63) is 0 Å². The van der Waals surface area contributed by atoms with Crippen molar-refractivity contribution in [1.29, 1.82) is 0 Å². The lowest BCUT2D eigenvalue weighted by molar-refractivity contribution is -0.102. The number of hydrogen-bond acceptors (Lipinski definition) is 3. The third-order valence-corrected chi connectivity index (χ3v) is 5.25. The third-order valence-electron chi connectivity index (χ3n) is 5.25. The number of likely N-dealkylation sites (tertiary alicyclic amines) is 1. The fraction of sp³-hybridized carbons (Fsp3) is 1.00. The van der Waals surface area contributed by atoms with Crippen LogP contribution < -0.4 is 5.32 Å². The molecule has 1 spiro atoms. The van der Waals surface area contributed by atoms with Crippen molar-refractivity contribution in [2.24, 2.45) is 5.41 Å². The Kier molecular flexibility index (Phi) is 3.42. The average Bonchev–Trinajstić information content (AvgIpc) is 2.37.